The number of hydrogen-bond acceptors (Lipinski definition) is 6. The van der Waals surface area contributed by atoms with Gasteiger partial charge in [0, 0.05) is 34.3 Å². The van der Waals surface area contributed by atoms with Crippen molar-refractivity contribution in [3.63, 3.8) is 0 Å². The number of carbonyl (C=O) groups excluding carboxylic acids is 2. The van der Waals surface area contributed by atoms with E-state index in [-0.39, 0.29) is 34.8 Å². The van der Waals surface area contributed by atoms with Crippen molar-refractivity contribution in [1.29, 1.82) is 0 Å². The Morgan fingerprint density at radius 1 is 0.935 bits per heavy atom. The number of nitrogens with zero attached hydrogens (tertiary/aromatic N) is 2. The van der Waals surface area contributed by atoms with Gasteiger partial charge in [0.1, 0.15) is 12.6 Å². The van der Waals surface area contributed by atoms with Gasteiger partial charge in [-0.2, -0.15) is 0 Å². The number of ether oxygens (including phenoxy) is 2. The second-order valence-electron chi connectivity index (χ2n) is 11.4. The van der Waals surface area contributed by atoms with Crippen molar-refractivity contribution < 1.29 is 27.5 Å². The fourth-order valence-electron chi connectivity index (χ4n) is 5.66. The molecule has 1 unspecified atom stereocenters. The summed E-state index contributed by atoms with van der Waals surface area (Å²) >= 11 is 13.1. The van der Waals surface area contributed by atoms with Crippen LogP contribution < -0.4 is 19.1 Å². The van der Waals surface area contributed by atoms with Gasteiger partial charge in [-0.1, -0.05) is 73.2 Å². The molecule has 4 rings (SSSR count). The van der Waals surface area contributed by atoms with Crippen LogP contribution in [-0.2, 0) is 26.2 Å². The van der Waals surface area contributed by atoms with Gasteiger partial charge in [-0.25, -0.2) is 8.42 Å². The lowest BCUT2D eigenvalue weighted by Gasteiger charge is -2.35. The van der Waals surface area contributed by atoms with Crippen LogP contribution in [0.25, 0.3) is 0 Å². The quantitative estimate of drug-likeness (QED) is 0.212. The fourth-order valence-corrected chi connectivity index (χ4v) is 7.61. The van der Waals surface area contributed by atoms with Crippen LogP contribution in [-0.4, -0.2) is 58.0 Å². The van der Waals surface area contributed by atoms with Crippen LogP contribution in [0.15, 0.2) is 65.6 Å². The van der Waals surface area contributed by atoms with E-state index in [1.807, 2.05) is 13.8 Å². The lowest BCUT2D eigenvalue weighted by atomic mass is 9.95. The molecule has 0 spiro atoms. The van der Waals surface area contributed by atoms with Crippen LogP contribution in [0.1, 0.15) is 56.6 Å². The van der Waals surface area contributed by atoms with E-state index in [1.54, 1.807) is 42.5 Å². The molecule has 248 valence electrons. The molecule has 3 aromatic carbocycles. The number of hydrogen-bond donors (Lipinski definition) is 1. The van der Waals surface area contributed by atoms with Crippen molar-refractivity contribution in [3.05, 3.63) is 81.8 Å². The number of amides is 2. The summed E-state index contributed by atoms with van der Waals surface area (Å²) in [6.45, 7) is 3.02. The Balaban J connectivity index is 1.76. The third-order valence-electron chi connectivity index (χ3n) is 8.27. The molecule has 1 saturated carbocycles. The minimum atomic E-state index is -4.32. The monoisotopic (exact) mass is 689 g/mol. The predicted octanol–water partition coefficient (Wildman–Crippen LogP) is 6.77. The van der Waals surface area contributed by atoms with Crippen LogP contribution in [0, 0.1) is 6.92 Å². The third-order valence-corrected chi connectivity index (χ3v) is 10.7. The van der Waals surface area contributed by atoms with Gasteiger partial charge in [-0.05, 0) is 62.6 Å². The maximum atomic E-state index is 14.4. The third kappa shape index (κ3) is 8.27. The molecule has 1 aliphatic carbocycles. The number of nitrogens with one attached hydrogen (secondary N) is 1. The highest BCUT2D eigenvalue weighted by Gasteiger charge is 2.35. The number of aryl methyl sites for hydroxylation is 1. The molecule has 0 bridgehead atoms. The molecule has 9 nitrogen and oxygen atoms in total. The van der Waals surface area contributed by atoms with Gasteiger partial charge in [0.15, 0.2) is 11.5 Å². The minimum Gasteiger partial charge on any atom is -0.493 e. The summed E-state index contributed by atoms with van der Waals surface area (Å²) in [7, 11) is -1.45. The van der Waals surface area contributed by atoms with Crippen LogP contribution in [0.3, 0.4) is 0 Å². The van der Waals surface area contributed by atoms with Gasteiger partial charge in [-0.3, -0.25) is 13.9 Å². The van der Waals surface area contributed by atoms with Gasteiger partial charge in [0.05, 0.1) is 24.8 Å². The highest BCUT2D eigenvalue weighted by Crippen LogP contribution is 2.33. The normalized spacial score (nSPS) is 14.3. The summed E-state index contributed by atoms with van der Waals surface area (Å²) < 4.78 is 40.3. The Hall–Kier alpha value is -3.47. The van der Waals surface area contributed by atoms with Crippen LogP contribution in [0.5, 0.6) is 11.5 Å². The van der Waals surface area contributed by atoms with E-state index in [0.29, 0.717) is 27.8 Å². The Morgan fingerprint density at radius 3 is 2.15 bits per heavy atom. The first kappa shape index (κ1) is 35.4. The van der Waals surface area contributed by atoms with Crippen LogP contribution >= 0.6 is 23.2 Å². The molecule has 0 aliphatic heterocycles. The molecule has 0 radical (unpaired) electrons. The summed E-state index contributed by atoms with van der Waals surface area (Å²) in [5, 5.41) is 3.80. The minimum absolute atomic E-state index is 0.0191. The average Bonchev–Trinajstić information content (AvgIpc) is 3.05. The van der Waals surface area contributed by atoms with Crippen molar-refractivity contribution in [2.75, 3.05) is 25.1 Å². The Morgan fingerprint density at radius 2 is 1.57 bits per heavy atom. The van der Waals surface area contributed by atoms with E-state index >= 15 is 0 Å². The first-order valence-electron chi connectivity index (χ1n) is 15.3. The van der Waals surface area contributed by atoms with Gasteiger partial charge < -0.3 is 19.7 Å². The molecular weight excluding hydrogens is 649 g/mol. The topological polar surface area (TPSA) is 105 Å². The van der Waals surface area contributed by atoms with E-state index in [9.17, 15) is 18.0 Å². The molecule has 1 aliphatic rings. The number of sulfonamides is 1. The Labute approximate surface area is 281 Å². The van der Waals surface area contributed by atoms with Crippen LogP contribution in [0.2, 0.25) is 10.0 Å². The first-order chi connectivity index (χ1) is 22.0. The SMILES string of the molecule is CCC(C(=O)NC1CCCCC1)N(Cc1c(Cl)cccc1Cl)C(=O)CN(c1ccc(C)cc1)S(=O)(=O)c1ccc(OC)c(OC)c1. The molecule has 0 aromatic heterocycles. The number of benzene rings is 3. The molecule has 12 heteroatoms. The standard InChI is InChI=1S/C34H41Cl2N3O6S/c1-5-30(34(41)37-24-10-7-6-8-11-24)38(21-27-28(35)12-9-13-29(27)36)33(40)22-39(25-16-14-23(2)15-17-25)46(42,43)26-18-19-31(44-3)32(20-26)45-4/h9,12-20,24,30H,5-8,10-11,21-22H2,1-4H3,(H,37,41). The molecular formula is C34H41Cl2N3O6S. The molecule has 2 amide bonds. The van der Waals surface area contributed by atoms with Crippen LogP contribution in [0.4, 0.5) is 5.69 Å². The van der Waals surface area contributed by atoms with Gasteiger partial charge >= 0.3 is 0 Å². The number of rotatable bonds is 13. The summed E-state index contributed by atoms with van der Waals surface area (Å²) in [4.78, 5) is 29.5. The second-order valence-corrected chi connectivity index (χ2v) is 14.0. The second kappa shape index (κ2) is 15.9. The summed E-state index contributed by atoms with van der Waals surface area (Å²) in [5.74, 6) is -0.307. The summed E-state index contributed by atoms with van der Waals surface area (Å²) in [6, 6.07) is 15.2. The fraction of sp³-hybridized carbons (Fsp3) is 0.412. The number of halogens is 2. The van der Waals surface area contributed by atoms with E-state index in [0.717, 1.165) is 42.0 Å². The van der Waals surface area contributed by atoms with E-state index in [2.05, 4.69) is 5.32 Å². The maximum absolute atomic E-state index is 14.4. The Bertz CT molecular complexity index is 1610. The zero-order valence-electron chi connectivity index (χ0n) is 26.6. The predicted molar refractivity (Wildman–Crippen MR) is 181 cm³/mol. The number of anilines is 1. The van der Waals surface area contributed by atoms with Crippen molar-refractivity contribution >= 4 is 50.7 Å². The molecule has 46 heavy (non-hydrogen) atoms. The summed E-state index contributed by atoms with van der Waals surface area (Å²) in [5.41, 5.74) is 1.66. The largest absolute Gasteiger partial charge is 0.493 e. The van der Waals surface area contributed by atoms with Gasteiger partial charge in [0.2, 0.25) is 11.8 Å². The molecule has 1 fully saturated rings. The molecule has 3 aromatic rings. The number of carbonyl (C=O) groups is 2. The van der Waals surface area contributed by atoms with Gasteiger partial charge in [-0.15, -0.1) is 0 Å². The first-order valence-corrected chi connectivity index (χ1v) is 17.5. The van der Waals surface area contributed by atoms with Crippen molar-refractivity contribution in [3.8, 4) is 11.5 Å². The van der Waals surface area contributed by atoms with Crippen molar-refractivity contribution in [2.24, 2.45) is 0 Å². The smallest absolute Gasteiger partial charge is 0.264 e. The zero-order chi connectivity index (χ0) is 33.4. The van der Waals surface area contributed by atoms with E-state index < -0.39 is 28.5 Å². The highest BCUT2D eigenvalue weighted by molar-refractivity contribution is 7.92. The van der Waals surface area contributed by atoms with Crippen molar-refractivity contribution in [2.45, 2.75) is 75.9 Å². The van der Waals surface area contributed by atoms with E-state index in [4.69, 9.17) is 32.7 Å². The molecule has 1 atom stereocenters. The van der Waals surface area contributed by atoms with E-state index in [1.165, 1.54) is 37.3 Å². The maximum Gasteiger partial charge on any atom is 0.264 e. The molecule has 0 saturated heterocycles. The summed E-state index contributed by atoms with van der Waals surface area (Å²) in [6.07, 6.45) is 5.22. The average molecular weight is 691 g/mol. The molecule has 1 N–H and O–H groups in total. The number of methoxy groups -OCH3 is 2. The highest BCUT2D eigenvalue weighted by atomic mass is 35.5. The van der Waals surface area contributed by atoms with Crippen molar-refractivity contribution in [1.82, 2.24) is 10.2 Å². The zero-order valence-corrected chi connectivity index (χ0v) is 28.9. The van der Waals surface area contributed by atoms with Gasteiger partial charge in [0.25, 0.3) is 10.0 Å². The lowest BCUT2D eigenvalue weighted by molar-refractivity contribution is -0.140. The Kier molecular flexibility index (Phi) is 12.2. The lowest BCUT2D eigenvalue weighted by Crippen LogP contribution is -2.54. The molecule has 0 heterocycles.